The zero-order chi connectivity index (χ0) is 16.6. The van der Waals surface area contributed by atoms with Gasteiger partial charge in [0.15, 0.2) is 0 Å². The van der Waals surface area contributed by atoms with E-state index in [0.717, 1.165) is 0 Å². The minimum Gasteiger partial charge on any atom is -0.410 e. The largest absolute Gasteiger partial charge is 0.423 e. The summed E-state index contributed by atoms with van der Waals surface area (Å²) in [5.74, 6) is -0.461. The highest BCUT2D eigenvalue weighted by Gasteiger charge is 2.44. The molecule has 2 aromatic carbocycles. The van der Waals surface area contributed by atoms with Crippen LogP contribution in [0.5, 0.6) is 5.75 Å². The number of ether oxygens (including phenoxy) is 1. The van der Waals surface area contributed by atoms with E-state index in [-0.39, 0.29) is 16.2 Å². The van der Waals surface area contributed by atoms with Gasteiger partial charge in [-0.15, -0.1) is 0 Å². The van der Waals surface area contributed by atoms with Crippen LogP contribution in [0.3, 0.4) is 0 Å². The summed E-state index contributed by atoms with van der Waals surface area (Å²) in [5.41, 5.74) is -0.0318. The number of para-hydroxylation sites is 1. The Morgan fingerprint density at radius 2 is 1.65 bits per heavy atom. The number of imide groups is 1. The van der Waals surface area contributed by atoms with Crippen LogP contribution < -0.4 is 4.74 Å². The zero-order valence-corrected chi connectivity index (χ0v) is 13.0. The Labute approximate surface area is 133 Å². The van der Waals surface area contributed by atoms with Gasteiger partial charge in [-0.2, -0.15) is 0 Å². The van der Waals surface area contributed by atoms with E-state index >= 15 is 0 Å². The predicted molar refractivity (Wildman–Crippen MR) is 81.7 cm³/mol. The third-order valence-electron chi connectivity index (χ3n) is 3.60. The van der Waals surface area contributed by atoms with Crippen LogP contribution in [0.1, 0.15) is 17.3 Å². The lowest BCUT2D eigenvalue weighted by atomic mass is 10.2. The van der Waals surface area contributed by atoms with Gasteiger partial charge in [0.05, 0.1) is 10.5 Å². The van der Waals surface area contributed by atoms with Crippen molar-refractivity contribution in [2.24, 2.45) is 0 Å². The Morgan fingerprint density at radius 3 is 2.35 bits per heavy atom. The number of nitrogens with zero attached hydrogens (tertiary/aromatic N) is 1. The van der Waals surface area contributed by atoms with Crippen LogP contribution in [0.25, 0.3) is 0 Å². The summed E-state index contributed by atoms with van der Waals surface area (Å²) in [6.45, 7) is 1.29. The third-order valence-corrected chi connectivity index (χ3v) is 5.68. The Balaban J connectivity index is 2.01. The number of fused-ring (bicyclic) bond motifs is 1. The molecule has 0 saturated carbocycles. The van der Waals surface area contributed by atoms with Crippen LogP contribution in [0.2, 0.25) is 0 Å². The molecule has 1 heterocycles. The predicted octanol–water partition coefficient (Wildman–Crippen LogP) is 2.46. The topological polar surface area (TPSA) is 80.8 Å². The molecule has 0 aromatic heterocycles. The number of carbonyl (C=O) groups excluding carboxylic acids is 2. The van der Waals surface area contributed by atoms with Gasteiger partial charge in [-0.1, -0.05) is 30.3 Å². The molecule has 0 fully saturated rings. The smallest absolute Gasteiger partial charge is 0.410 e. The average Bonchev–Trinajstić information content (AvgIpc) is 2.54. The van der Waals surface area contributed by atoms with Crippen LogP contribution in [-0.4, -0.2) is 30.7 Å². The monoisotopic (exact) mass is 331 g/mol. The van der Waals surface area contributed by atoms with Gasteiger partial charge in [0.25, 0.3) is 5.91 Å². The van der Waals surface area contributed by atoms with Gasteiger partial charge in [0, 0.05) is 0 Å². The second-order valence-corrected chi connectivity index (χ2v) is 7.21. The molecule has 0 aliphatic carbocycles. The molecular formula is C16H13NO5S. The van der Waals surface area contributed by atoms with E-state index in [1.54, 1.807) is 36.4 Å². The summed E-state index contributed by atoms with van der Waals surface area (Å²) in [5, 5.41) is -1.33. The Kier molecular flexibility index (Phi) is 3.65. The van der Waals surface area contributed by atoms with Gasteiger partial charge in [-0.05, 0) is 31.2 Å². The fraction of sp³-hybridized carbons (Fsp3) is 0.125. The summed E-state index contributed by atoms with van der Waals surface area (Å²) in [4.78, 5) is 25.4. The second kappa shape index (κ2) is 5.51. The van der Waals surface area contributed by atoms with Crippen LogP contribution >= 0.6 is 0 Å². The van der Waals surface area contributed by atoms with Crippen molar-refractivity contribution in [3.05, 3.63) is 60.2 Å². The summed E-state index contributed by atoms with van der Waals surface area (Å²) < 4.78 is 30.1. The van der Waals surface area contributed by atoms with Crippen LogP contribution in [0.15, 0.2) is 59.5 Å². The van der Waals surface area contributed by atoms with Crippen molar-refractivity contribution in [3.8, 4) is 5.75 Å². The highest BCUT2D eigenvalue weighted by Crippen LogP contribution is 2.30. The fourth-order valence-corrected chi connectivity index (χ4v) is 3.94. The Morgan fingerprint density at radius 1 is 1.04 bits per heavy atom. The first kappa shape index (κ1) is 15.2. The highest BCUT2D eigenvalue weighted by atomic mass is 32.2. The van der Waals surface area contributed by atoms with Crippen molar-refractivity contribution in [1.29, 1.82) is 0 Å². The number of amides is 2. The van der Waals surface area contributed by atoms with Crippen molar-refractivity contribution in [3.63, 3.8) is 0 Å². The maximum Gasteiger partial charge on any atom is 0.423 e. The normalized spacial score (nSPS) is 19.1. The molecule has 0 spiro atoms. The molecule has 0 bridgehead atoms. The molecule has 23 heavy (non-hydrogen) atoms. The van der Waals surface area contributed by atoms with Gasteiger partial charge in [0.2, 0.25) is 9.84 Å². The average molecular weight is 331 g/mol. The summed E-state index contributed by atoms with van der Waals surface area (Å²) in [7, 11) is -3.84. The molecular weight excluding hydrogens is 318 g/mol. The molecule has 1 aliphatic heterocycles. The molecule has 6 nitrogen and oxygen atoms in total. The summed E-state index contributed by atoms with van der Waals surface area (Å²) in [6.07, 6.45) is -1.02. The number of sulfone groups is 1. The first-order chi connectivity index (χ1) is 10.9. The molecule has 1 aliphatic rings. The van der Waals surface area contributed by atoms with Gasteiger partial charge in [0.1, 0.15) is 11.1 Å². The molecule has 2 aromatic rings. The van der Waals surface area contributed by atoms with Crippen LogP contribution in [0, 0.1) is 0 Å². The van der Waals surface area contributed by atoms with Crippen molar-refractivity contribution < 1.29 is 22.7 Å². The Bertz CT molecular complexity index is 876. The summed E-state index contributed by atoms with van der Waals surface area (Å²) in [6, 6.07) is 14.0. The van der Waals surface area contributed by atoms with E-state index in [2.05, 4.69) is 0 Å². The number of benzene rings is 2. The van der Waals surface area contributed by atoms with Crippen molar-refractivity contribution in [1.82, 2.24) is 4.90 Å². The molecule has 118 valence electrons. The van der Waals surface area contributed by atoms with Crippen molar-refractivity contribution in [2.45, 2.75) is 17.2 Å². The van der Waals surface area contributed by atoms with E-state index in [1.165, 1.54) is 25.1 Å². The van der Waals surface area contributed by atoms with E-state index in [4.69, 9.17) is 4.74 Å². The quantitative estimate of drug-likeness (QED) is 0.802. The van der Waals surface area contributed by atoms with Crippen molar-refractivity contribution >= 4 is 21.8 Å². The van der Waals surface area contributed by atoms with Crippen molar-refractivity contribution in [2.75, 3.05) is 0 Å². The molecule has 7 heteroatoms. The van der Waals surface area contributed by atoms with E-state index < -0.39 is 27.2 Å². The number of hydrogen-bond acceptors (Lipinski definition) is 5. The summed E-state index contributed by atoms with van der Waals surface area (Å²) >= 11 is 0. The molecule has 3 rings (SSSR count). The van der Waals surface area contributed by atoms with E-state index in [0.29, 0.717) is 4.90 Å². The number of hydrogen-bond donors (Lipinski definition) is 0. The maximum absolute atomic E-state index is 12.5. The standard InChI is InChI=1S/C16H13NO5S/c1-11-17(16(19)22-12-7-3-2-4-8-12)15(18)13-9-5-6-10-14(13)23(11,20)21/h2-11H,1H3. The molecule has 0 radical (unpaired) electrons. The first-order valence-electron chi connectivity index (χ1n) is 6.86. The lowest BCUT2D eigenvalue weighted by Gasteiger charge is -2.31. The molecule has 0 N–H and O–H groups in total. The number of rotatable bonds is 1. The third kappa shape index (κ3) is 2.49. The fourth-order valence-electron chi connectivity index (χ4n) is 2.38. The van der Waals surface area contributed by atoms with Gasteiger partial charge >= 0.3 is 6.09 Å². The van der Waals surface area contributed by atoms with Crippen LogP contribution in [0.4, 0.5) is 4.79 Å². The minimum atomic E-state index is -3.84. The maximum atomic E-state index is 12.5. The molecule has 2 amide bonds. The Hall–Kier alpha value is -2.67. The minimum absolute atomic E-state index is 0.0318. The molecule has 0 saturated heterocycles. The van der Waals surface area contributed by atoms with Gasteiger partial charge in [-0.3, -0.25) is 4.79 Å². The van der Waals surface area contributed by atoms with E-state index in [1.807, 2.05) is 0 Å². The van der Waals surface area contributed by atoms with Crippen LogP contribution in [-0.2, 0) is 9.84 Å². The molecule has 1 atom stereocenters. The lowest BCUT2D eigenvalue weighted by Crippen LogP contribution is -2.51. The first-order valence-corrected chi connectivity index (χ1v) is 8.41. The van der Waals surface area contributed by atoms with Gasteiger partial charge in [-0.25, -0.2) is 18.1 Å². The SMILES string of the molecule is CC1N(C(=O)Oc2ccccc2)C(=O)c2ccccc2S1(=O)=O. The molecule has 1 unspecified atom stereocenters. The highest BCUT2D eigenvalue weighted by molar-refractivity contribution is 7.92. The zero-order valence-electron chi connectivity index (χ0n) is 12.2. The lowest BCUT2D eigenvalue weighted by molar-refractivity contribution is 0.0725. The van der Waals surface area contributed by atoms with Gasteiger partial charge < -0.3 is 4.74 Å². The van der Waals surface area contributed by atoms with E-state index in [9.17, 15) is 18.0 Å². The second-order valence-electron chi connectivity index (χ2n) is 5.00. The number of carbonyl (C=O) groups is 2.